The van der Waals surface area contributed by atoms with Crippen LogP contribution >= 0.6 is 0 Å². The molecule has 4 atom stereocenters. The molecular formula is C22H28N2O5. The number of hydrogen-bond acceptors (Lipinski definition) is 5. The molecule has 3 heterocycles. The van der Waals surface area contributed by atoms with Crippen LogP contribution in [0.5, 0.6) is 0 Å². The second kappa shape index (κ2) is 8.05. The van der Waals surface area contributed by atoms with Gasteiger partial charge in [-0.05, 0) is 37.2 Å². The van der Waals surface area contributed by atoms with Crippen molar-refractivity contribution in [2.75, 3.05) is 6.61 Å². The van der Waals surface area contributed by atoms with E-state index in [9.17, 15) is 14.4 Å². The highest BCUT2D eigenvalue weighted by atomic mass is 16.6. The van der Waals surface area contributed by atoms with Crippen molar-refractivity contribution in [2.24, 2.45) is 11.8 Å². The molecule has 4 rings (SSSR count). The smallest absolute Gasteiger partial charge is 0.416 e. The van der Waals surface area contributed by atoms with Gasteiger partial charge in [-0.3, -0.25) is 4.79 Å². The van der Waals surface area contributed by atoms with Gasteiger partial charge in [0.05, 0.1) is 12.0 Å². The van der Waals surface area contributed by atoms with Gasteiger partial charge >= 0.3 is 12.2 Å². The van der Waals surface area contributed by atoms with Crippen molar-refractivity contribution in [2.45, 2.75) is 64.3 Å². The molecule has 156 valence electrons. The predicted molar refractivity (Wildman–Crippen MR) is 105 cm³/mol. The van der Waals surface area contributed by atoms with Crippen LogP contribution < -0.4 is 0 Å². The summed E-state index contributed by atoms with van der Waals surface area (Å²) < 4.78 is 10.7. The molecular weight excluding hydrogens is 372 g/mol. The summed E-state index contributed by atoms with van der Waals surface area (Å²) in [6.07, 6.45) is 2.01. The minimum atomic E-state index is -0.554. The van der Waals surface area contributed by atoms with Crippen molar-refractivity contribution in [3.05, 3.63) is 35.9 Å². The third kappa shape index (κ3) is 3.82. The van der Waals surface area contributed by atoms with E-state index in [1.807, 2.05) is 30.3 Å². The van der Waals surface area contributed by atoms with E-state index >= 15 is 0 Å². The van der Waals surface area contributed by atoms with Crippen molar-refractivity contribution >= 4 is 18.1 Å². The maximum atomic E-state index is 13.2. The third-order valence-electron chi connectivity index (χ3n) is 6.21. The van der Waals surface area contributed by atoms with Gasteiger partial charge in [-0.25, -0.2) is 14.5 Å². The Morgan fingerprint density at radius 2 is 1.97 bits per heavy atom. The fourth-order valence-electron chi connectivity index (χ4n) is 4.96. The fourth-order valence-corrected chi connectivity index (χ4v) is 4.96. The highest BCUT2D eigenvalue weighted by molar-refractivity contribution is 5.95. The molecule has 0 radical (unpaired) electrons. The quantitative estimate of drug-likeness (QED) is 0.755. The van der Waals surface area contributed by atoms with Crippen LogP contribution in [0.3, 0.4) is 0 Å². The first-order chi connectivity index (χ1) is 14.0. The zero-order chi connectivity index (χ0) is 20.5. The lowest BCUT2D eigenvalue weighted by molar-refractivity contribution is -0.134. The number of carbonyl (C=O) groups excluding carboxylic acids is 3. The number of ether oxygens (including phenoxy) is 2. The van der Waals surface area contributed by atoms with E-state index in [1.54, 1.807) is 4.90 Å². The van der Waals surface area contributed by atoms with Gasteiger partial charge in [-0.15, -0.1) is 0 Å². The third-order valence-corrected chi connectivity index (χ3v) is 6.21. The Kier molecular flexibility index (Phi) is 5.48. The Hall–Kier alpha value is -2.57. The lowest BCUT2D eigenvalue weighted by Crippen LogP contribution is -2.47. The highest BCUT2D eigenvalue weighted by Crippen LogP contribution is 2.43. The second-order valence-corrected chi connectivity index (χ2v) is 8.66. The SMILES string of the molecule is CC(C)C[C@H]1COC(=O)N1C(=O)[C@H]1C[C@@H]2CC[C@H]1N2C(=O)OCc1ccccc1. The van der Waals surface area contributed by atoms with Crippen LogP contribution in [0.2, 0.25) is 0 Å². The largest absolute Gasteiger partial charge is 0.447 e. The minimum Gasteiger partial charge on any atom is -0.447 e. The highest BCUT2D eigenvalue weighted by Gasteiger charge is 2.54. The van der Waals surface area contributed by atoms with Crippen molar-refractivity contribution in [1.29, 1.82) is 0 Å². The Labute approximate surface area is 170 Å². The van der Waals surface area contributed by atoms with Crippen LogP contribution in [0, 0.1) is 11.8 Å². The first kappa shape index (κ1) is 19.7. The first-order valence-electron chi connectivity index (χ1n) is 10.4. The normalized spacial score (nSPS) is 28.2. The number of nitrogens with zero attached hydrogens (tertiary/aromatic N) is 2. The lowest BCUT2D eigenvalue weighted by Gasteiger charge is -2.28. The van der Waals surface area contributed by atoms with Crippen LogP contribution in [-0.4, -0.2) is 52.6 Å². The van der Waals surface area contributed by atoms with Crippen molar-refractivity contribution in [1.82, 2.24) is 9.80 Å². The molecule has 2 bridgehead atoms. The number of cyclic esters (lactones) is 1. The molecule has 3 fully saturated rings. The predicted octanol–water partition coefficient (Wildman–Crippen LogP) is 3.57. The maximum absolute atomic E-state index is 13.2. The second-order valence-electron chi connectivity index (χ2n) is 8.66. The van der Waals surface area contributed by atoms with Crippen LogP contribution in [0.15, 0.2) is 30.3 Å². The Morgan fingerprint density at radius 3 is 2.69 bits per heavy atom. The Balaban J connectivity index is 1.42. The van der Waals surface area contributed by atoms with Gasteiger partial charge in [0.1, 0.15) is 13.2 Å². The topological polar surface area (TPSA) is 76.2 Å². The number of imide groups is 1. The fraction of sp³-hybridized carbons (Fsp3) is 0.591. The summed E-state index contributed by atoms with van der Waals surface area (Å²) in [4.78, 5) is 41.2. The minimum absolute atomic E-state index is 0.000560. The zero-order valence-corrected chi connectivity index (χ0v) is 17.0. The molecule has 3 saturated heterocycles. The van der Waals surface area contributed by atoms with Gasteiger partial charge < -0.3 is 14.4 Å². The molecule has 0 aliphatic carbocycles. The summed E-state index contributed by atoms with van der Waals surface area (Å²) in [7, 11) is 0. The number of rotatable bonds is 5. The molecule has 0 spiro atoms. The van der Waals surface area contributed by atoms with Gasteiger partial charge in [0.15, 0.2) is 0 Å². The zero-order valence-electron chi connectivity index (χ0n) is 17.0. The molecule has 0 unspecified atom stereocenters. The van der Waals surface area contributed by atoms with Gasteiger partial charge in [-0.1, -0.05) is 44.2 Å². The average Bonchev–Trinajstić information content (AvgIpc) is 3.39. The molecule has 29 heavy (non-hydrogen) atoms. The molecule has 0 saturated carbocycles. The van der Waals surface area contributed by atoms with Crippen LogP contribution in [0.1, 0.15) is 45.1 Å². The first-order valence-corrected chi connectivity index (χ1v) is 10.4. The van der Waals surface area contributed by atoms with Gasteiger partial charge in [0.25, 0.3) is 0 Å². The molecule has 0 aromatic heterocycles. The summed E-state index contributed by atoms with van der Waals surface area (Å²) in [6.45, 7) is 4.59. The van der Waals surface area contributed by atoms with Crippen molar-refractivity contribution in [3.8, 4) is 0 Å². The van der Waals surface area contributed by atoms with E-state index in [0.717, 1.165) is 24.8 Å². The molecule has 1 aromatic rings. The van der Waals surface area contributed by atoms with E-state index in [4.69, 9.17) is 9.47 Å². The standard InChI is InChI=1S/C22H28N2O5/c1-14(2)10-17-13-29-22(27)24(17)20(25)18-11-16-8-9-19(18)23(16)21(26)28-12-15-6-4-3-5-7-15/h3-7,14,16-19H,8-13H2,1-2H3/t16-,17-,18-,19+/m0/s1. The van der Waals surface area contributed by atoms with E-state index in [2.05, 4.69) is 13.8 Å². The molecule has 7 nitrogen and oxygen atoms in total. The van der Waals surface area contributed by atoms with E-state index in [-0.39, 0.29) is 49.3 Å². The molecule has 3 amide bonds. The summed E-state index contributed by atoms with van der Waals surface area (Å²) in [6, 6.07) is 9.12. The van der Waals surface area contributed by atoms with Crippen LogP contribution in [0.4, 0.5) is 9.59 Å². The van der Waals surface area contributed by atoms with Crippen LogP contribution in [-0.2, 0) is 20.9 Å². The summed E-state index contributed by atoms with van der Waals surface area (Å²) in [5, 5.41) is 0. The average molecular weight is 400 g/mol. The lowest BCUT2D eigenvalue weighted by atomic mass is 9.87. The summed E-state index contributed by atoms with van der Waals surface area (Å²) in [5.41, 5.74) is 0.927. The van der Waals surface area contributed by atoms with E-state index in [1.165, 1.54) is 4.90 Å². The number of benzene rings is 1. The molecule has 1 aromatic carbocycles. The van der Waals surface area contributed by atoms with Crippen LogP contribution in [0.25, 0.3) is 0 Å². The van der Waals surface area contributed by atoms with Crippen molar-refractivity contribution < 1.29 is 23.9 Å². The van der Waals surface area contributed by atoms with Gasteiger partial charge in [0, 0.05) is 12.1 Å². The van der Waals surface area contributed by atoms with Crippen molar-refractivity contribution in [3.63, 3.8) is 0 Å². The van der Waals surface area contributed by atoms with E-state index in [0.29, 0.717) is 12.3 Å². The maximum Gasteiger partial charge on any atom is 0.416 e. The number of fused-ring (bicyclic) bond motifs is 2. The number of carbonyl (C=O) groups is 3. The van der Waals surface area contributed by atoms with Gasteiger partial charge in [-0.2, -0.15) is 0 Å². The molecule has 3 aliphatic heterocycles. The number of amides is 3. The Bertz CT molecular complexity index is 781. The monoisotopic (exact) mass is 400 g/mol. The molecule has 0 N–H and O–H groups in total. The Morgan fingerprint density at radius 1 is 1.21 bits per heavy atom. The van der Waals surface area contributed by atoms with E-state index < -0.39 is 6.09 Å². The number of hydrogen-bond donors (Lipinski definition) is 0. The summed E-state index contributed by atoms with van der Waals surface area (Å²) in [5.74, 6) is -0.209. The van der Waals surface area contributed by atoms with Gasteiger partial charge in [0.2, 0.25) is 5.91 Å². The summed E-state index contributed by atoms with van der Waals surface area (Å²) >= 11 is 0. The molecule has 3 aliphatic rings. The molecule has 7 heteroatoms.